The van der Waals surface area contributed by atoms with Gasteiger partial charge >= 0.3 is 0 Å². The van der Waals surface area contributed by atoms with Crippen molar-refractivity contribution in [2.45, 2.75) is 20.0 Å². The van der Waals surface area contributed by atoms with Crippen molar-refractivity contribution in [1.82, 2.24) is 0 Å². The number of phenols is 1. The molecule has 0 heterocycles. The molecule has 0 radical (unpaired) electrons. The third-order valence-electron chi connectivity index (χ3n) is 2.55. The second kappa shape index (κ2) is 5.00. The SMILES string of the molecule is CC(C)Oc1cccc(-c2cc(O)ccc2N)c1. The first-order valence-corrected chi connectivity index (χ1v) is 5.92. The van der Waals surface area contributed by atoms with Crippen LogP contribution in [0.25, 0.3) is 11.1 Å². The molecule has 3 N–H and O–H groups in total. The van der Waals surface area contributed by atoms with Gasteiger partial charge in [0.2, 0.25) is 0 Å². The van der Waals surface area contributed by atoms with Crippen LogP contribution in [0.15, 0.2) is 42.5 Å². The van der Waals surface area contributed by atoms with Gasteiger partial charge in [0.1, 0.15) is 11.5 Å². The van der Waals surface area contributed by atoms with Gasteiger partial charge in [0.25, 0.3) is 0 Å². The molecule has 0 amide bonds. The van der Waals surface area contributed by atoms with Gasteiger partial charge in [0.15, 0.2) is 0 Å². The molecule has 18 heavy (non-hydrogen) atoms. The summed E-state index contributed by atoms with van der Waals surface area (Å²) in [6.07, 6.45) is 0.127. The van der Waals surface area contributed by atoms with E-state index in [4.69, 9.17) is 10.5 Å². The molecule has 3 heteroatoms. The minimum Gasteiger partial charge on any atom is -0.508 e. The Hall–Kier alpha value is -2.16. The minimum absolute atomic E-state index is 0.127. The Labute approximate surface area is 107 Å². The van der Waals surface area contributed by atoms with Crippen LogP contribution < -0.4 is 10.5 Å². The molecule has 0 saturated carbocycles. The van der Waals surface area contributed by atoms with E-state index in [9.17, 15) is 5.11 Å². The van der Waals surface area contributed by atoms with Crippen LogP contribution in [0.2, 0.25) is 0 Å². The number of phenolic OH excluding ortho intramolecular Hbond substituents is 1. The van der Waals surface area contributed by atoms with Gasteiger partial charge in [-0.05, 0) is 49.7 Å². The minimum atomic E-state index is 0.127. The predicted molar refractivity (Wildman–Crippen MR) is 73.7 cm³/mol. The summed E-state index contributed by atoms with van der Waals surface area (Å²) in [6, 6.07) is 12.6. The number of nitrogens with two attached hydrogens (primary N) is 1. The van der Waals surface area contributed by atoms with Crippen molar-refractivity contribution in [1.29, 1.82) is 0 Å². The van der Waals surface area contributed by atoms with E-state index < -0.39 is 0 Å². The third-order valence-corrected chi connectivity index (χ3v) is 2.55. The van der Waals surface area contributed by atoms with Crippen molar-refractivity contribution in [2.75, 3.05) is 5.73 Å². The van der Waals surface area contributed by atoms with Crippen molar-refractivity contribution < 1.29 is 9.84 Å². The molecule has 94 valence electrons. The first-order valence-electron chi connectivity index (χ1n) is 5.92. The Morgan fingerprint density at radius 1 is 1.11 bits per heavy atom. The number of rotatable bonds is 3. The van der Waals surface area contributed by atoms with Crippen LogP contribution in [0.4, 0.5) is 5.69 Å². The van der Waals surface area contributed by atoms with Crippen LogP contribution in [0, 0.1) is 0 Å². The zero-order valence-electron chi connectivity index (χ0n) is 10.6. The van der Waals surface area contributed by atoms with Crippen molar-refractivity contribution in [2.24, 2.45) is 0 Å². The number of benzene rings is 2. The van der Waals surface area contributed by atoms with E-state index in [1.54, 1.807) is 18.2 Å². The fourth-order valence-corrected chi connectivity index (χ4v) is 1.80. The van der Waals surface area contributed by atoms with E-state index in [-0.39, 0.29) is 11.9 Å². The van der Waals surface area contributed by atoms with E-state index >= 15 is 0 Å². The molecule has 2 aromatic rings. The normalized spacial score (nSPS) is 10.6. The molecular formula is C15H17NO2. The average Bonchev–Trinajstić information content (AvgIpc) is 2.32. The van der Waals surface area contributed by atoms with E-state index in [0.717, 1.165) is 16.9 Å². The molecule has 0 unspecified atom stereocenters. The Balaban J connectivity index is 2.41. The zero-order valence-corrected chi connectivity index (χ0v) is 10.6. The number of nitrogen functional groups attached to an aromatic ring is 1. The van der Waals surface area contributed by atoms with Gasteiger partial charge in [0, 0.05) is 11.3 Å². The van der Waals surface area contributed by atoms with Gasteiger partial charge in [-0.2, -0.15) is 0 Å². The van der Waals surface area contributed by atoms with Crippen LogP contribution in [0.3, 0.4) is 0 Å². The highest BCUT2D eigenvalue weighted by atomic mass is 16.5. The standard InChI is InChI=1S/C15H17NO2/c1-10(2)18-13-5-3-4-11(8-13)14-9-12(17)6-7-15(14)16/h3-10,17H,16H2,1-2H3. The topological polar surface area (TPSA) is 55.5 Å². The van der Waals surface area contributed by atoms with Crippen molar-refractivity contribution in [3.63, 3.8) is 0 Å². The van der Waals surface area contributed by atoms with Crippen molar-refractivity contribution in [3.8, 4) is 22.6 Å². The lowest BCUT2D eigenvalue weighted by Crippen LogP contribution is -2.05. The lowest BCUT2D eigenvalue weighted by Gasteiger charge is -2.12. The molecule has 0 aliphatic carbocycles. The number of ether oxygens (including phenoxy) is 1. The number of anilines is 1. The third kappa shape index (κ3) is 2.74. The van der Waals surface area contributed by atoms with Gasteiger partial charge < -0.3 is 15.6 Å². The molecule has 0 bridgehead atoms. The maximum atomic E-state index is 9.53. The van der Waals surface area contributed by atoms with E-state index in [0.29, 0.717) is 5.69 Å². The summed E-state index contributed by atoms with van der Waals surface area (Å²) >= 11 is 0. The molecule has 2 aromatic carbocycles. The monoisotopic (exact) mass is 243 g/mol. The molecule has 0 fully saturated rings. The summed E-state index contributed by atoms with van der Waals surface area (Å²) in [4.78, 5) is 0. The van der Waals surface area contributed by atoms with Gasteiger partial charge in [-0.3, -0.25) is 0 Å². The Morgan fingerprint density at radius 2 is 1.89 bits per heavy atom. The Bertz CT molecular complexity index is 550. The Morgan fingerprint density at radius 3 is 2.61 bits per heavy atom. The van der Waals surface area contributed by atoms with Crippen LogP contribution in [0.5, 0.6) is 11.5 Å². The van der Waals surface area contributed by atoms with Crippen LogP contribution in [-0.4, -0.2) is 11.2 Å². The first-order chi connectivity index (χ1) is 8.56. The summed E-state index contributed by atoms with van der Waals surface area (Å²) in [6.45, 7) is 3.96. The molecule has 3 nitrogen and oxygen atoms in total. The van der Waals surface area contributed by atoms with E-state index in [2.05, 4.69) is 0 Å². The molecule has 0 aromatic heterocycles. The molecule has 0 aliphatic rings. The highest BCUT2D eigenvalue weighted by Crippen LogP contribution is 2.31. The average molecular weight is 243 g/mol. The van der Waals surface area contributed by atoms with Crippen molar-refractivity contribution in [3.05, 3.63) is 42.5 Å². The summed E-state index contributed by atoms with van der Waals surface area (Å²) in [5, 5.41) is 9.53. The summed E-state index contributed by atoms with van der Waals surface area (Å²) in [7, 11) is 0. The second-order valence-corrected chi connectivity index (χ2v) is 4.47. The highest BCUT2D eigenvalue weighted by Gasteiger charge is 2.06. The summed E-state index contributed by atoms with van der Waals surface area (Å²) in [5.74, 6) is 1.000. The number of hydrogen-bond donors (Lipinski definition) is 2. The molecular weight excluding hydrogens is 226 g/mol. The fourth-order valence-electron chi connectivity index (χ4n) is 1.80. The highest BCUT2D eigenvalue weighted by molar-refractivity contribution is 5.78. The van der Waals surface area contributed by atoms with E-state index in [1.165, 1.54) is 0 Å². The summed E-state index contributed by atoms with van der Waals surface area (Å²) in [5.41, 5.74) is 8.30. The van der Waals surface area contributed by atoms with Gasteiger partial charge in [-0.25, -0.2) is 0 Å². The van der Waals surface area contributed by atoms with Gasteiger partial charge in [-0.1, -0.05) is 12.1 Å². The predicted octanol–water partition coefficient (Wildman–Crippen LogP) is 3.43. The van der Waals surface area contributed by atoms with Crippen LogP contribution in [-0.2, 0) is 0 Å². The van der Waals surface area contributed by atoms with Gasteiger partial charge in [0.05, 0.1) is 6.10 Å². The molecule has 2 rings (SSSR count). The second-order valence-electron chi connectivity index (χ2n) is 4.47. The fraction of sp³-hybridized carbons (Fsp3) is 0.200. The number of aromatic hydroxyl groups is 1. The number of hydrogen-bond acceptors (Lipinski definition) is 3. The van der Waals surface area contributed by atoms with Gasteiger partial charge in [-0.15, -0.1) is 0 Å². The maximum absolute atomic E-state index is 9.53. The maximum Gasteiger partial charge on any atom is 0.120 e. The molecule has 0 spiro atoms. The quantitative estimate of drug-likeness (QED) is 0.641. The zero-order chi connectivity index (χ0) is 13.1. The molecule has 0 saturated heterocycles. The van der Waals surface area contributed by atoms with Crippen LogP contribution >= 0.6 is 0 Å². The lowest BCUT2D eigenvalue weighted by molar-refractivity contribution is 0.242. The summed E-state index contributed by atoms with van der Waals surface area (Å²) < 4.78 is 5.64. The molecule has 0 aliphatic heterocycles. The Kier molecular flexibility index (Phi) is 3.42. The molecule has 0 atom stereocenters. The first kappa shape index (κ1) is 12.3. The van der Waals surface area contributed by atoms with E-state index in [1.807, 2.05) is 38.1 Å². The smallest absolute Gasteiger partial charge is 0.120 e. The lowest BCUT2D eigenvalue weighted by atomic mass is 10.0. The largest absolute Gasteiger partial charge is 0.508 e. The van der Waals surface area contributed by atoms with Crippen LogP contribution in [0.1, 0.15) is 13.8 Å². The van der Waals surface area contributed by atoms with Crippen molar-refractivity contribution >= 4 is 5.69 Å².